The third-order valence-corrected chi connectivity index (χ3v) is 3.60. The summed E-state index contributed by atoms with van der Waals surface area (Å²) in [5.41, 5.74) is 3.40. The van der Waals surface area contributed by atoms with E-state index in [4.69, 9.17) is 23.2 Å². The monoisotopic (exact) mass is 278 g/mol. The highest BCUT2D eigenvalue weighted by Crippen LogP contribution is 2.33. The summed E-state index contributed by atoms with van der Waals surface area (Å²) in [4.78, 5) is 4.45. The number of hydrogen-bond acceptors (Lipinski definition) is 2. The third kappa shape index (κ3) is 2.31. The van der Waals surface area contributed by atoms with Crippen LogP contribution in [0.25, 0.3) is 0 Å². The predicted molar refractivity (Wildman–Crippen MR) is 75.4 cm³/mol. The highest BCUT2D eigenvalue weighted by Gasteiger charge is 2.23. The van der Waals surface area contributed by atoms with Crippen LogP contribution in [0.3, 0.4) is 0 Å². The zero-order valence-corrected chi connectivity index (χ0v) is 11.2. The third-order valence-electron chi connectivity index (χ3n) is 3.16. The second-order valence-corrected chi connectivity index (χ2v) is 5.31. The van der Waals surface area contributed by atoms with Crippen molar-refractivity contribution >= 4 is 28.9 Å². The van der Waals surface area contributed by atoms with Crippen LogP contribution in [0, 0.1) is 0 Å². The highest BCUT2D eigenvalue weighted by molar-refractivity contribution is 6.35. The summed E-state index contributed by atoms with van der Waals surface area (Å²) in [6, 6.07) is 9.86. The van der Waals surface area contributed by atoms with E-state index < -0.39 is 0 Å². The number of hydrogen-bond donors (Lipinski definition) is 1. The molecule has 1 aliphatic carbocycles. The van der Waals surface area contributed by atoms with Crippen LogP contribution in [0.4, 0.5) is 5.69 Å². The SMILES string of the molecule is Clc1cc(Cl)cc(NC2CCc3cccnc32)c1. The van der Waals surface area contributed by atoms with Gasteiger partial charge >= 0.3 is 0 Å². The second kappa shape index (κ2) is 4.79. The van der Waals surface area contributed by atoms with Crippen molar-refractivity contribution in [2.45, 2.75) is 18.9 Å². The van der Waals surface area contributed by atoms with E-state index >= 15 is 0 Å². The molecule has 1 aliphatic rings. The first kappa shape index (κ1) is 11.8. The molecule has 0 radical (unpaired) electrons. The van der Waals surface area contributed by atoms with Crippen LogP contribution >= 0.6 is 23.2 Å². The fraction of sp³-hybridized carbons (Fsp3) is 0.214. The summed E-state index contributed by atoms with van der Waals surface area (Å²) in [5.74, 6) is 0. The molecule has 92 valence electrons. The maximum absolute atomic E-state index is 6.00. The van der Waals surface area contributed by atoms with Gasteiger partial charge in [-0.1, -0.05) is 29.3 Å². The van der Waals surface area contributed by atoms with Gasteiger partial charge < -0.3 is 5.32 Å². The van der Waals surface area contributed by atoms with Gasteiger partial charge in [0, 0.05) is 21.9 Å². The average molecular weight is 279 g/mol. The van der Waals surface area contributed by atoms with Gasteiger partial charge in [0.2, 0.25) is 0 Å². The predicted octanol–water partition coefficient (Wildman–Crippen LogP) is 4.49. The fourth-order valence-electron chi connectivity index (χ4n) is 2.39. The number of nitrogens with one attached hydrogen (secondary N) is 1. The Morgan fingerprint density at radius 3 is 2.72 bits per heavy atom. The summed E-state index contributed by atoms with van der Waals surface area (Å²) in [6.45, 7) is 0. The largest absolute Gasteiger partial charge is 0.377 e. The summed E-state index contributed by atoms with van der Waals surface area (Å²) in [7, 11) is 0. The molecule has 0 saturated carbocycles. The van der Waals surface area contributed by atoms with Crippen molar-refractivity contribution in [1.82, 2.24) is 4.98 Å². The molecule has 1 unspecified atom stereocenters. The topological polar surface area (TPSA) is 24.9 Å². The molecule has 2 aromatic rings. The van der Waals surface area contributed by atoms with Gasteiger partial charge in [0.25, 0.3) is 0 Å². The minimum Gasteiger partial charge on any atom is -0.377 e. The summed E-state index contributed by atoms with van der Waals surface area (Å²) < 4.78 is 0. The number of benzene rings is 1. The van der Waals surface area contributed by atoms with Gasteiger partial charge in [-0.15, -0.1) is 0 Å². The lowest BCUT2D eigenvalue weighted by atomic mass is 10.2. The van der Waals surface area contributed by atoms with Crippen LogP contribution in [0.1, 0.15) is 23.7 Å². The Kier molecular flexibility index (Phi) is 3.14. The Morgan fingerprint density at radius 1 is 1.17 bits per heavy atom. The van der Waals surface area contributed by atoms with Crippen LogP contribution in [0.5, 0.6) is 0 Å². The van der Waals surface area contributed by atoms with Gasteiger partial charge in [-0.2, -0.15) is 0 Å². The maximum Gasteiger partial charge on any atom is 0.0691 e. The van der Waals surface area contributed by atoms with Crippen LogP contribution in [-0.2, 0) is 6.42 Å². The first-order chi connectivity index (χ1) is 8.72. The molecule has 0 aliphatic heterocycles. The summed E-state index contributed by atoms with van der Waals surface area (Å²) in [6.07, 6.45) is 3.95. The highest BCUT2D eigenvalue weighted by atomic mass is 35.5. The molecule has 0 bridgehead atoms. The first-order valence-electron chi connectivity index (χ1n) is 5.89. The van der Waals surface area contributed by atoms with Crippen molar-refractivity contribution < 1.29 is 0 Å². The van der Waals surface area contributed by atoms with Crippen molar-refractivity contribution in [2.75, 3.05) is 5.32 Å². The normalized spacial score (nSPS) is 17.6. The average Bonchev–Trinajstić information content (AvgIpc) is 2.72. The van der Waals surface area contributed by atoms with Crippen molar-refractivity contribution in [2.24, 2.45) is 0 Å². The Morgan fingerprint density at radius 2 is 1.94 bits per heavy atom. The molecule has 18 heavy (non-hydrogen) atoms. The second-order valence-electron chi connectivity index (χ2n) is 4.44. The molecule has 0 amide bonds. The van der Waals surface area contributed by atoms with E-state index in [1.54, 1.807) is 6.07 Å². The first-order valence-corrected chi connectivity index (χ1v) is 6.64. The summed E-state index contributed by atoms with van der Waals surface area (Å²) >= 11 is 12.0. The fourth-order valence-corrected chi connectivity index (χ4v) is 2.92. The van der Waals surface area contributed by atoms with E-state index in [0.717, 1.165) is 24.2 Å². The number of aryl methyl sites for hydroxylation is 1. The quantitative estimate of drug-likeness (QED) is 0.876. The lowest BCUT2D eigenvalue weighted by molar-refractivity contribution is 0.746. The lowest BCUT2D eigenvalue weighted by Gasteiger charge is -2.15. The van der Waals surface area contributed by atoms with Crippen LogP contribution < -0.4 is 5.32 Å². The number of halogens is 2. The minimum absolute atomic E-state index is 0.246. The van der Waals surface area contributed by atoms with Gasteiger partial charge in [0.1, 0.15) is 0 Å². The molecule has 3 rings (SSSR count). The van der Waals surface area contributed by atoms with Crippen molar-refractivity contribution in [3.05, 3.63) is 57.8 Å². The Balaban J connectivity index is 1.86. The van der Waals surface area contributed by atoms with Crippen LogP contribution in [-0.4, -0.2) is 4.98 Å². The molecule has 0 fully saturated rings. The molecule has 2 nitrogen and oxygen atoms in total. The molecule has 1 atom stereocenters. The van der Waals surface area contributed by atoms with E-state index in [-0.39, 0.29) is 6.04 Å². The van der Waals surface area contributed by atoms with Gasteiger partial charge in [0.15, 0.2) is 0 Å². The molecular weight excluding hydrogens is 267 g/mol. The zero-order valence-electron chi connectivity index (χ0n) is 9.66. The molecule has 1 aromatic carbocycles. The molecule has 4 heteroatoms. The Bertz CT molecular complexity index is 564. The molecular formula is C14H12Cl2N2. The van der Waals surface area contributed by atoms with Crippen LogP contribution in [0.2, 0.25) is 10.0 Å². The smallest absolute Gasteiger partial charge is 0.0691 e. The number of anilines is 1. The summed E-state index contributed by atoms with van der Waals surface area (Å²) in [5, 5.41) is 4.73. The standard InChI is InChI=1S/C14H12Cl2N2/c15-10-6-11(16)8-12(7-10)18-13-4-3-9-2-1-5-17-14(9)13/h1-2,5-8,13,18H,3-4H2. The van der Waals surface area contributed by atoms with Crippen molar-refractivity contribution in [3.63, 3.8) is 0 Å². The van der Waals surface area contributed by atoms with Crippen molar-refractivity contribution in [3.8, 4) is 0 Å². The van der Waals surface area contributed by atoms with E-state index in [1.165, 1.54) is 5.56 Å². The molecule has 1 heterocycles. The maximum atomic E-state index is 6.00. The minimum atomic E-state index is 0.246. The van der Waals surface area contributed by atoms with Gasteiger partial charge in [0.05, 0.1) is 11.7 Å². The molecule has 0 spiro atoms. The van der Waals surface area contributed by atoms with E-state index in [0.29, 0.717) is 10.0 Å². The number of rotatable bonds is 2. The lowest BCUT2D eigenvalue weighted by Crippen LogP contribution is -2.08. The van der Waals surface area contributed by atoms with E-state index in [1.807, 2.05) is 24.4 Å². The van der Waals surface area contributed by atoms with Crippen molar-refractivity contribution in [1.29, 1.82) is 0 Å². The zero-order chi connectivity index (χ0) is 12.5. The molecule has 0 saturated heterocycles. The molecule has 1 N–H and O–H groups in total. The van der Waals surface area contributed by atoms with Gasteiger partial charge in [-0.25, -0.2) is 0 Å². The van der Waals surface area contributed by atoms with Crippen LogP contribution in [0.15, 0.2) is 36.5 Å². The number of fused-ring (bicyclic) bond motifs is 1. The van der Waals surface area contributed by atoms with Gasteiger partial charge in [-0.05, 0) is 42.7 Å². The van der Waals surface area contributed by atoms with Gasteiger partial charge in [-0.3, -0.25) is 4.98 Å². The number of pyridine rings is 1. The Labute approximate surface area is 116 Å². The van der Waals surface area contributed by atoms with E-state index in [9.17, 15) is 0 Å². The molecule has 1 aromatic heterocycles. The number of nitrogens with zero attached hydrogens (tertiary/aromatic N) is 1. The number of aromatic nitrogens is 1. The Hall–Kier alpha value is -1.25. The van der Waals surface area contributed by atoms with E-state index in [2.05, 4.69) is 16.4 Å².